The van der Waals surface area contributed by atoms with Crippen molar-refractivity contribution < 1.29 is 18.1 Å². The maximum absolute atomic E-state index is 13.2. The Morgan fingerprint density at radius 1 is 1.09 bits per heavy atom. The van der Waals surface area contributed by atoms with Gasteiger partial charge in [-0.05, 0) is 60.5 Å². The van der Waals surface area contributed by atoms with Crippen molar-refractivity contribution in [3.8, 4) is 22.8 Å². The lowest BCUT2D eigenvalue weighted by molar-refractivity contribution is 0.0954. The van der Waals surface area contributed by atoms with Gasteiger partial charge in [0.05, 0.1) is 5.39 Å². The van der Waals surface area contributed by atoms with Crippen LogP contribution in [0.3, 0.4) is 0 Å². The molecule has 2 aromatic carbocycles. The average Bonchev–Trinajstić information content (AvgIpc) is 3.47. The summed E-state index contributed by atoms with van der Waals surface area (Å²) in [4.78, 5) is 21.1. The number of amides is 1. The minimum Gasteiger partial charge on any atom is -0.444 e. The highest BCUT2D eigenvalue weighted by Crippen LogP contribution is 2.30. The Morgan fingerprint density at radius 2 is 1.97 bits per heavy atom. The maximum Gasteiger partial charge on any atom is 0.251 e. The van der Waals surface area contributed by atoms with Crippen LogP contribution in [0.2, 0.25) is 0 Å². The second kappa shape index (κ2) is 8.43. The third-order valence-electron chi connectivity index (χ3n) is 4.99. The first-order valence-electron chi connectivity index (χ1n) is 9.96. The molecule has 0 saturated heterocycles. The molecule has 0 spiro atoms. The van der Waals surface area contributed by atoms with Crippen LogP contribution in [-0.2, 0) is 6.42 Å². The number of hydrogen-bond acceptors (Lipinski definition) is 6. The predicted octanol–water partition coefficient (Wildman–Crippen LogP) is 4.66. The Bertz CT molecular complexity index is 1380. The van der Waals surface area contributed by atoms with E-state index in [1.807, 2.05) is 12.1 Å². The van der Waals surface area contributed by atoms with Crippen LogP contribution < -0.4 is 5.32 Å². The summed E-state index contributed by atoms with van der Waals surface area (Å²) in [5, 5.41) is 7.65. The molecule has 0 atom stereocenters. The van der Waals surface area contributed by atoms with Gasteiger partial charge in [-0.25, -0.2) is 9.37 Å². The van der Waals surface area contributed by atoms with Crippen molar-refractivity contribution in [3.05, 3.63) is 90.2 Å². The zero-order valence-corrected chi connectivity index (χ0v) is 16.8. The van der Waals surface area contributed by atoms with Gasteiger partial charge < -0.3 is 14.3 Å². The number of hydrogen-bond donors (Lipinski definition) is 1. The molecule has 5 aromatic rings. The number of pyridine rings is 1. The van der Waals surface area contributed by atoms with Gasteiger partial charge in [-0.15, -0.1) is 0 Å². The molecule has 0 aliphatic heterocycles. The van der Waals surface area contributed by atoms with Gasteiger partial charge in [-0.1, -0.05) is 11.2 Å². The molecule has 0 saturated carbocycles. The number of fused-ring (bicyclic) bond motifs is 1. The molecule has 32 heavy (non-hydrogen) atoms. The van der Waals surface area contributed by atoms with E-state index in [1.54, 1.807) is 42.7 Å². The molecule has 158 valence electrons. The number of nitrogens with one attached hydrogen (secondary N) is 1. The van der Waals surface area contributed by atoms with Crippen molar-refractivity contribution in [3.63, 3.8) is 0 Å². The van der Waals surface area contributed by atoms with Gasteiger partial charge in [0.2, 0.25) is 5.89 Å². The molecule has 0 aliphatic rings. The third-order valence-corrected chi connectivity index (χ3v) is 4.99. The van der Waals surface area contributed by atoms with Gasteiger partial charge in [0.1, 0.15) is 23.5 Å². The number of rotatable bonds is 6. The summed E-state index contributed by atoms with van der Waals surface area (Å²) < 4.78 is 24.1. The fourth-order valence-corrected chi connectivity index (χ4v) is 3.34. The quantitative estimate of drug-likeness (QED) is 0.423. The molecule has 0 unspecified atom stereocenters. The van der Waals surface area contributed by atoms with E-state index in [0.717, 1.165) is 5.56 Å². The smallest absolute Gasteiger partial charge is 0.251 e. The molecule has 1 N–H and O–H groups in total. The zero-order chi connectivity index (χ0) is 21.9. The average molecular weight is 428 g/mol. The first kappa shape index (κ1) is 19.6. The van der Waals surface area contributed by atoms with E-state index in [0.29, 0.717) is 52.3 Å². The van der Waals surface area contributed by atoms with Crippen LogP contribution >= 0.6 is 0 Å². The standard InChI is InChI=1S/C24H17FN4O3/c25-18-6-3-16(4-7-18)24-28-20(14-31-24)22-19-12-17(5-8-21(19)32-29-22)23(30)27-11-9-15-2-1-10-26-13-15/h1-8,10,12-14H,9,11H2,(H,27,30). The van der Waals surface area contributed by atoms with E-state index < -0.39 is 0 Å². The van der Waals surface area contributed by atoms with E-state index in [4.69, 9.17) is 8.94 Å². The molecule has 0 radical (unpaired) electrons. The van der Waals surface area contributed by atoms with Crippen LogP contribution in [0.4, 0.5) is 4.39 Å². The maximum atomic E-state index is 13.2. The van der Waals surface area contributed by atoms with Crippen LogP contribution in [0.15, 0.2) is 82.2 Å². The molecular formula is C24H17FN4O3. The number of carbonyl (C=O) groups excluding carboxylic acids is 1. The number of halogens is 1. The van der Waals surface area contributed by atoms with Gasteiger partial charge in [0, 0.05) is 30.1 Å². The fraction of sp³-hybridized carbons (Fsp3) is 0.0833. The number of carbonyl (C=O) groups is 1. The van der Waals surface area contributed by atoms with Gasteiger partial charge in [0.15, 0.2) is 5.58 Å². The molecule has 8 heteroatoms. The second-order valence-corrected chi connectivity index (χ2v) is 7.15. The Hall–Kier alpha value is -4.33. The van der Waals surface area contributed by atoms with Crippen molar-refractivity contribution in [2.45, 2.75) is 6.42 Å². The van der Waals surface area contributed by atoms with Crippen LogP contribution in [0.25, 0.3) is 33.8 Å². The number of nitrogens with zero attached hydrogens (tertiary/aromatic N) is 3. The summed E-state index contributed by atoms with van der Waals surface area (Å²) in [7, 11) is 0. The van der Waals surface area contributed by atoms with Crippen molar-refractivity contribution in [1.29, 1.82) is 0 Å². The summed E-state index contributed by atoms with van der Waals surface area (Å²) in [6.07, 6.45) is 5.63. The lowest BCUT2D eigenvalue weighted by Gasteiger charge is -2.05. The molecule has 3 heterocycles. The summed E-state index contributed by atoms with van der Waals surface area (Å²) in [6.45, 7) is 0.489. The third kappa shape index (κ3) is 3.98. The molecule has 3 aromatic heterocycles. The monoisotopic (exact) mass is 428 g/mol. The van der Waals surface area contributed by atoms with Crippen molar-refractivity contribution in [1.82, 2.24) is 20.4 Å². The Morgan fingerprint density at radius 3 is 2.78 bits per heavy atom. The largest absolute Gasteiger partial charge is 0.444 e. The van der Waals surface area contributed by atoms with Gasteiger partial charge in [0.25, 0.3) is 5.91 Å². The first-order valence-corrected chi connectivity index (χ1v) is 9.96. The summed E-state index contributed by atoms with van der Waals surface area (Å²) in [5.74, 6) is -0.204. The molecule has 0 bridgehead atoms. The van der Waals surface area contributed by atoms with Crippen LogP contribution in [0.5, 0.6) is 0 Å². The van der Waals surface area contributed by atoms with Crippen molar-refractivity contribution in [2.75, 3.05) is 6.54 Å². The highest BCUT2D eigenvalue weighted by Gasteiger charge is 2.17. The van der Waals surface area contributed by atoms with E-state index in [1.165, 1.54) is 18.4 Å². The summed E-state index contributed by atoms with van der Waals surface area (Å²) >= 11 is 0. The molecule has 0 aliphatic carbocycles. The van der Waals surface area contributed by atoms with Gasteiger partial charge >= 0.3 is 0 Å². The summed E-state index contributed by atoms with van der Waals surface area (Å²) in [6, 6.07) is 14.8. The molecular weight excluding hydrogens is 411 g/mol. The van der Waals surface area contributed by atoms with Crippen LogP contribution in [0.1, 0.15) is 15.9 Å². The normalized spacial score (nSPS) is 11.0. The SMILES string of the molecule is O=C(NCCc1cccnc1)c1ccc2onc(-c3coc(-c4ccc(F)cc4)n3)c2c1. The van der Waals surface area contributed by atoms with Crippen molar-refractivity contribution >= 4 is 16.9 Å². The minimum atomic E-state index is -0.339. The highest BCUT2D eigenvalue weighted by molar-refractivity contribution is 6.00. The van der Waals surface area contributed by atoms with E-state index in [-0.39, 0.29) is 11.7 Å². The first-order chi connectivity index (χ1) is 15.7. The lowest BCUT2D eigenvalue weighted by atomic mass is 10.1. The highest BCUT2D eigenvalue weighted by atomic mass is 19.1. The Balaban J connectivity index is 1.36. The summed E-state index contributed by atoms with van der Waals surface area (Å²) in [5.41, 5.74) is 3.61. The number of oxazole rings is 1. The topological polar surface area (TPSA) is 94.1 Å². The van der Waals surface area contributed by atoms with E-state index >= 15 is 0 Å². The fourth-order valence-electron chi connectivity index (χ4n) is 3.34. The lowest BCUT2D eigenvalue weighted by Crippen LogP contribution is -2.25. The van der Waals surface area contributed by atoms with Gasteiger partial charge in [-0.3, -0.25) is 9.78 Å². The van der Waals surface area contributed by atoms with Gasteiger partial charge in [-0.2, -0.15) is 0 Å². The molecule has 0 fully saturated rings. The predicted molar refractivity (Wildman–Crippen MR) is 115 cm³/mol. The van der Waals surface area contributed by atoms with Crippen LogP contribution in [-0.4, -0.2) is 27.6 Å². The molecule has 5 rings (SSSR count). The van der Waals surface area contributed by atoms with E-state index in [9.17, 15) is 9.18 Å². The van der Waals surface area contributed by atoms with Crippen LogP contribution in [0, 0.1) is 5.82 Å². The Labute approximate surface area is 181 Å². The number of aromatic nitrogens is 3. The zero-order valence-electron chi connectivity index (χ0n) is 16.8. The second-order valence-electron chi connectivity index (χ2n) is 7.15. The number of benzene rings is 2. The van der Waals surface area contributed by atoms with Crippen molar-refractivity contribution in [2.24, 2.45) is 0 Å². The van der Waals surface area contributed by atoms with E-state index in [2.05, 4.69) is 20.4 Å². The molecule has 1 amide bonds. The Kier molecular flexibility index (Phi) is 5.17. The molecule has 7 nitrogen and oxygen atoms in total. The minimum absolute atomic E-state index is 0.199.